The van der Waals surface area contributed by atoms with Crippen molar-refractivity contribution in [3.8, 4) is 5.75 Å². The highest BCUT2D eigenvalue weighted by molar-refractivity contribution is 5.73. The predicted octanol–water partition coefficient (Wildman–Crippen LogP) is 2.78. The van der Waals surface area contributed by atoms with E-state index in [9.17, 15) is 4.79 Å². The van der Waals surface area contributed by atoms with Crippen LogP contribution in [-0.4, -0.2) is 31.3 Å². The molecule has 0 atom stereocenters. The zero-order valence-corrected chi connectivity index (χ0v) is 11.1. The van der Waals surface area contributed by atoms with Crippen molar-refractivity contribution in [2.24, 2.45) is 0 Å². The molecule has 100 valence electrons. The molecule has 0 aromatic heterocycles. The van der Waals surface area contributed by atoms with Crippen molar-refractivity contribution >= 4 is 11.7 Å². The molecule has 0 fully saturated rings. The van der Waals surface area contributed by atoms with E-state index in [1.54, 1.807) is 7.11 Å². The number of hydrogen-bond acceptors (Lipinski definition) is 3. The number of hydrogen-bond donors (Lipinski definition) is 1. The zero-order valence-electron chi connectivity index (χ0n) is 11.1. The normalized spacial score (nSPS) is 10.1. The minimum atomic E-state index is -0.803. The fourth-order valence-corrected chi connectivity index (χ4v) is 1.81. The van der Waals surface area contributed by atoms with Gasteiger partial charge in [0.2, 0.25) is 0 Å². The summed E-state index contributed by atoms with van der Waals surface area (Å²) in [5.74, 6) is -0.0232. The summed E-state index contributed by atoms with van der Waals surface area (Å²) in [6.45, 7) is 2.94. The molecule has 0 aliphatic rings. The molecule has 18 heavy (non-hydrogen) atoms. The van der Waals surface area contributed by atoms with Crippen LogP contribution < -0.4 is 9.64 Å². The molecule has 1 N–H and O–H groups in total. The minimum absolute atomic E-state index is 0.0377. The van der Waals surface area contributed by atoms with E-state index in [0.717, 1.165) is 37.2 Å². The van der Waals surface area contributed by atoms with E-state index in [2.05, 4.69) is 6.92 Å². The smallest absolute Gasteiger partial charge is 0.323 e. The fourth-order valence-electron chi connectivity index (χ4n) is 1.81. The summed E-state index contributed by atoms with van der Waals surface area (Å²) in [6, 6.07) is 7.50. The van der Waals surface area contributed by atoms with Gasteiger partial charge in [-0.25, -0.2) is 0 Å². The van der Waals surface area contributed by atoms with Gasteiger partial charge < -0.3 is 14.7 Å². The van der Waals surface area contributed by atoms with Crippen LogP contribution in [0.5, 0.6) is 5.75 Å². The zero-order chi connectivity index (χ0) is 13.4. The Balaban J connectivity index is 2.69. The Morgan fingerprint density at radius 3 is 2.44 bits per heavy atom. The van der Waals surface area contributed by atoms with Gasteiger partial charge in [-0.1, -0.05) is 19.8 Å². The molecule has 4 nitrogen and oxygen atoms in total. The van der Waals surface area contributed by atoms with Gasteiger partial charge in [-0.2, -0.15) is 0 Å². The molecule has 0 bridgehead atoms. The molecule has 0 unspecified atom stereocenters. The summed E-state index contributed by atoms with van der Waals surface area (Å²) in [5.41, 5.74) is 0.925. The molecule has 0 saturated carbocycles. The predicted molar refractivity (Wildman–Crippen MR) is 72.4 cm³/mol. The van der Waals surface area contributed by atoms with Gasteiger partial charge in [0, 0.05) is 12.2 Å². The van der Waals surface area contributed by atoms with Gasteiger partial charge in [0.15, 0.2) is 0 Å². The third kappa shape index (κ3) is 4.65. The van der Waals surface area contributed by atoms with Crippen molar-refractivity contribution in [2.75, 3.05) is 25.1 Å². The van der Waals surface area contributed by atoms with Gasteiger partial charge >= 0.3 is 5.97 Å². The third-order valence-electron chi connectivity index (χ3n) is 2.80. The topological polar surface area (TPSA) is 49.8 Å². The number of carboxylic acids is 1. The monoisotopic (exact) mass is 251 g/mol. The largest absolute Gasteiger partial charge is 0.497 e. The number of anilines is 1. The van der Waals surface area contributed by atoms with Crippen LogP contribution in [-0.2, 0) is 4.79 Å². The molecule has 4 heteroatoms. The average molecular weight is 251 g/mol. The van der Waals surface area contributed by atoms with Gasteiger partial charge in [0.05, 0.1) is 7.11 Å². The average Bonchev–Trinajstić information content (AvgIpc) is 2.37. The first kappa shape index (κ1) is 14.4. The van der Waals surface area contributed by atoms with Crippen LogP contribution in [0.2, 0.25) is 0 Å². The quantitative estimate of drug-likeness (QED) is 0.722. The first-order valence-electron chi connectivity index (χ1n) is 6.28. The number of aliphatic carboxylic acids is 1. The molecule has 0 saturated heterocycles. The Labute approximate surface area is 108 Å². The highest BCUT2D eigenvalue weighted by Crippen LogP contribution is 2.19. The number of rotatable bonds is 8. The van der Waals surface area contributed by atoms with E-state index in [1.807, 2.05) is 29.2 Å². The van der Waals surface area contributed by atoms with Crippen LogP contribution in [0.15, 0.2) is 24.3 Å². The number of carbonyl (C=O) groups is 1. The molecule has 0 spiro atoms. The Bertz CT molecular complexity index is 362. The lowest BCUT2D eigenvalue weighted by atomic mass is 10.2. The maximum Gasteiger partial charge on any atom is 0.323 e. The molecule has 1 aromatic rings. The SMILES string of the molecule is CCCCCN(CC(=O)O)c1ccc(OC)cc1. The molecular formula is C14H21NO3. The molecule has 0 amide bonds. The minimum Gasteiger partial charge on any atom is -0.497 e. The molecule has 0 radical (unpaired) electrons. The van der Waals surface area contributed by atoms with Gasteiger partial charge in [-0.05, 0) is 30.7 Å². The lowest BCUT2D eigenvalue weighted by Gasteiger charge is -2.23. The number of benzene rings is 1. The van der Waals surface area contributed by atoms with Crippen molar-refractivity contribution in [1.29, 1.82) is 0 Å². The van der Waals surface area contributed by atoms with Gasteiger partial charge in [0.25, 0.3) is 0 Å². The van der Waals surface area contributed by atoms with Gasteiger partial charge in [-0.15, -0.1) is 0 Å². The van der Waals surface area contributed by atoms with E-state index in [4.69, 9.17) is 9.84 Å². The summed E-state index contributed by atoms with van der Waals surface area (Å²) in [7, 11) is 1.62. The molecule has 0 aliphatic carbocycles. The number of unbranched alkanes of at least 4 members (excludes halogenated alkanes) is 2. The van der Waals surface area contributed by atoms with E-state index < -0.39 is 5.97 Å². The van der Waals surface area contributed by atoms with Crippen molar-refractivity contribution in [1.82, 2.24) is 0 Å². The summed E-state index contributed by atoms with van der Waals surface area (Å²) >= 11 is 0. The first-order valence-corrected chi connectivity index (χ1v) is 6.28. The van der Waals surface area contributed by atoms with E-state index in [-0.39, 0.29) is 6.54 Å². The van der Waals surface area contributed by atoms with Gasteiger partial charge in [0.1, 0.15) is 12.3 Å². The summed E-state index contributed by atoms with van der Waals surface area (Å²) in [6.07, 6.45) is 3.26. The second-order valence-electron chi connectivity index (χ2n) is 4.22. The number of methoxy groups -OCH3 is 1. The lowest BCUT2D eigenvalue weighted by molar-refractivity contribution is -0.135. The lowest BCUT2D eigenvalue weighted by Crippen LogP contribution is -2.30. The van der Waals surface area contributed by atoms with Gasteiger partial charge in [-0.3, -0.25) is 4.79 Å². The van der Waals surface area contributed by atoms with Crippen molar-refractivity contribution < 1.29 is 14.6 Å². The summed E-state index contributed by atoms with van der Waals surface area (Å²) in [5, 5.41) is 8.94. The second-order valence-corrected chi connectivity index (χ2v) is 4.22. The van der Waals surface area contributed by atoms with Crippen molar-refractivity contribution in [3.05, 3.63) is 24.3 Å². The molecular weight excluding hydrogens is 230 g/mol. The summed E-state index contributed by atoms with van der Waals surface area (Å²) < 4.78 is 5.09. The Kier molecular flexibility index (Phi) is 6.05. The van der Waals surface area contributed by atoms with Crippen LogP contribution in [0.4, 0.5) is 5.69 Å². The summed E-state index contributed by atoms with van der Waals surface area (Å²) in [4.78, 5) is 12.8. The van der Waals surface area contributed by atoms with Crippen LogP contribution in [0, 0.1) is 0 Å². The number of carboxylic acid groups (broad SMARTS) is 1. The maximum atomic E-state index is 10.9. The fraction of sp³-hybridized carbons (Fsp3) is 0.500. The van der Waals surface area contributed by atoms with E-state index >= 15 is 0 Å². The first-order chi connectivity index (χ1) is 8.67. The Morgan fingerprint density at radius 2 is 1.94 bits per heavy atom. The molecule has 0 heterocycles. The molecule has 0 aliphatic heterocycles. The van der Waals surface area contributed by atoms with E-state index in [0.29, 0.717) is 0 Å². The second kappa shape index (κ2) is 7.58. The van der Waals surface area contributed by atoms with Crippen LogP contribution >= 0.6 is 0 Å². The molecule has 1 rings (SSSR count). The van der Waals surface area contributed by atoms with Crippen LogP contribution in [0.25, 0.3) is 0 Å². The third-order valence-corrected chi connectivity index (χ3v) is 2.80. The maximum absolute atomic E-state index is 10.9. The van der Waals surface area contributed by atoms with Crippen molar-refractivity contribution in [2.45, 2.75) is 26.2 Å². The van der Waals surface area contributed by atoms with Crippen LogP contribution in [0.3, 0.4) is 0 Å². The Hall–Kier alpha value is -1.71. The van der Waals surface area contributed by atoms with Crippen molar-refractivity contribution in [3.63, 3.8) is 0 Å². The standard InChI is InChI=1S/C14H21NO3/c1-3-4-5-10-15(11-14(16)17)12-6-8-13(18-2)9-7-12/h6-9H,3-5,10-11H2,1-2H3,(H,16,17). The van der Waals surface area contributed by atoms with Crippen LogP contribution in [0.1, 0.15) is 26.2 Å². The number of ether oxygens (including phenoxy) is 1. The van der Waals surface area contributed by atoms with E-state index in [1.165, 1.54) is 0 Å². The Morgan fingerprint density at radius 1 is 1.28 bits per heavy atom. The highest BCUT2D eigenvalue weighted by Gasteiger charge is 2.10. The number of nitrogens with zero attached hydrogens (tertiary/aromatic N) is 1. The molecule has 1 aromatic carbocycles. The highest BCUT2D eigenvalue weighted by atomic mass is 16.5.